The van der Waals surface area contributed by atoms with Gasteiger partial charge in [0.1, 0.15) is 6.04 Å². The summed E-state index contributed by atoms with van der Waals surface area (Å²) in [6, 6.07) is -0.388. The molecular formula is C12H19N3O2. The number of ether oxygens (including phenoxy) is 1. The highest BCUT2D eigenvalue weighted by Gasteiger charge is 2.27. The maximum atomic E-state index is 11.7. The molecule has 5 heteroatoms. The lowest BCUT2D eigenvalue weighted by atomic mass is 10.1. The number of nitrogens with zero attached hydrogens (tertiary/aromatic N) is 2. The van der Waals surface area contributed by atoms with Crippen LogP contribution in [0.3, 0.4) is 0 Å². The number of carbonyl (C=O) groups excluding carboxylic acids is 1. The molecule has 17 heavy (non-hydrogen) atoms. The van der Waals surface area contributed by atoms with Gasteiger partial charge in [0.25, 0.3) is 0 Å². The normalized spacial score (nSPS) is 16.8. The van der Waals surface area contributed by atoms with Crippen LogP contribution in [0.4, 0.5) is 0 Å². The average molecular weight is 237 g/mol. The van der Waals surface area contributed by atoms with Crippen LogP contribution >= 0.6 is 0 Å². The highest BCUT2D eigenvalue weighted by molar-refractivity contribution is 5.77. The Morgan fingerprint density at radius 3 is 3.00 bits per heavy atom. The Morgan fingerprint density at radius 2 is 2.47 bits per heavy atom. The van der Waals surface area contributed by atoms with Crippen LogP contribution in [0.5, 0.6) is 0 Å². The summed E-state index contributed by atoms with van der Waals surface area (Å²) < 4.78 is 6.63. The zero-order valence-corrected chi connectivity index (χ0v) is 10.3. The van der Waals surface area contributed by atoms with Crippen molar-refractivity contribution in [2.75, 3.05) is 13.7 Å². The fourth-order valence-corrected chi connectivity index (χ4v) is 1.76. The van der Waals surface area contributed by atoms with Crippen molar-refractivity contribution in [1.82, 2.24) is 15.1 Å². The maximum Gasteiger partial charge on any atom is 0.327 e. The Bertz CT molecular complexity index is 385. The predicted molar refractivity (Wildman–Crippen MR) is 63.4 cm³/mol. The minimum absolute atomic E-state index is 0.249. The van der Waals surface area contributed by atoms with E-state index in [9.17, 15) is 4.79 Å². The fourth-order valence-electron chi connectivity index (χ4n) is 1.76. The summed E-state index contributed by atoms with van der Waals surface area (Å²) in [5.41, 5.74) is 0.874. The lowest BCUT2D eigenvalue weighted by molar-refractivity contribution is -0.143. The van der Waals surface area contributed by atoms with Gasteiger partial charge < -0.3 is 10.1 Å². The molecule has 1 atom stereocenters. The van der Waals surface area contributed by atoms with Crippen LogP contribution in [0.25, 0.3) is 0 Å². The summed E-state index contributed by atoms with van der Waals surface area (Å²) in [4.78, 5) is 11.7. The highest BCUT2D eigenvalue weighted by Crippen LogP contribution is 2.28. The van der Waals surface area contributed by atoms with Crippen molar-refractivity contribution in [3.63, 3.8) is 0 Å². The van der Waals surface area contributed by atoms with E-state index in [0.717, 1.165) is 24.6 Å². The molecule has 1 aromatic rings. The van der Waals surface area contributed by atoms with Crippen LogP contribution in [0.15, 0.2) is 12.4 Å². The van der Waals surface area contributed by atoms with E-state index in [2.05, 4.69) is 10.4 Å². The smallest absolute Gasteiger partial charge is 0.327 e. The van der Waals surface area contributed by atoms with Gasteiger partial charge in [-0.2, -0.15) is 5.10 Å². The summed E-state index contributed by atoms with van der Waals surface area (Å²) >= 11 is 0. The Kier molecular flexibility index (Phi) is 3.78. The van der Waals surface area contributed by atoms with Gasteiger partial charge >= 0.3 is 5.97 Å². The fraction of sp³-hybridized carbons (Fsp3) is 0.667. The largest absolute Gasteiger partial charge is 0.468 e. The van der Waals surface area contributed by atoms with Gasteiger partial charge in [-0.15, -0.1) is 0 Å². The van der Waals surface area contributed by atoms with Crippen LogP contribution in [0.1, 0.15) is 31.4 Å². The van der Waals surface area contributed by atoms with Crippen molar-refractivity contribution in [3.8, 4) is 0 Å². The van der Waals surface area contributed by atoms with E-state index in [4.69, 9.17) is 4.74 Å². The molecule has 1 fully saturated rings. The minimum Gasteiger partial charge on any atom is -0.468 e. The molecule has 0 amide bonds. The van der Waals surface area contributed by atoms with Crippen LogP contribution < -0.4 is 5.32 Å². The lowest BCUT2D eigenvalue weighted by Crippen LogP contribution is -2.30. The number of esters is 1. The molecule has 1 unspecified atom stereocenters. The van der Waals surface area contributed by atoms with Crippen molar-refractivity contribution < 1.29 is 9.53 Å². The summed E-state index contributed by atoms with van der Waals surface area (Å²) in [5.74, 6) is 0.477. The molecule has 2 rings (SSSR count). The first kappa shape index (κ1) is 12.1. The molecule has 1 N–H and O–H groups in total. The Balaban J connectivity index is 2.04. The third kappa shape index (κ3) is 3.06. The molecule has 1 saturated carbocycles. The van der Waals surface area contributed by atoms with E-state index in [1.54, 1.807) is 6.20 Å². The number of aryl methyl sites for hydroxylation is 1. The van der Waals surface area contributed by atoms with E-state index >= 15 is 0 Å². The molecule has 0 bridgehead atoms. The lowest BCUT2D eigenvalue weighted by Gasteiger charge is -2.14. The number of hydrogen-bond acceptors (Lipinski definition) is 4. The molecule has 0 aromatic carbocycles. The second kappa shape index (κ2) is 5.31. The van der Waals surface area contributed by atoms with Gasteiger partial charge in [-0.3, -0.25) is 4.68 Å². The van der Waals surface area contributed by atoms with Crippen LogP contribution in [0, 0.1) is 5.92 Å². The molecule has 1 aromatic heterocycles. The van der Waals surface area contributed by atoms with Gasteiger partial charge in [-0.05, 0) is 32.2 Å². The van der Waals surface area contributed by atoms with Crippen molar-refractivity contribution >= 4 is 5.97 Å². The third-order valence-corrected chi connectivity index (χ3v) is 3.06. The van der Waals surface area contributed by atoms with Crippen molar-refractivity contribution in [1.29, 1.82) is 0 Å². The van der Waals surface area contributed by atoms with Crippen molar-refractivity contribution in [2.45, 2.75) is 32.4 Å². The molecule has 0 saturated heterocycles. The van der Waals surface area contributed by atoms with Gasteiger partial charge in [0, 0.05) is 18.3 Å². The molecule has 1 aliphatic carbocycles. The summed E-state index contributed by atoms with van der Waals surface area (Å²) in [6.45, 7) is 3.69. The summed E-state index contributed by atoms with van der Waals surface area (Å²) in [6.07, 6.45) is 6.14. The Morgan fingerprint density at radius 1 is 1.71 bits per heavy atom. The van der Waals surface area contributed by atoms with Crippen molar-refractivity contribution in [3.05, 3.63) is 18.0 Å². The molecule has 94 valence electrons. The second-order valence-electron chi connectivity index (χ2n) is 4.44. The van der Waals surface area contributed by atoms with E-state index in [1.807, 2.05) is 17.8 Å². The topological polar surface area (TPSA) is 56.2 Å². The monoisotopic (exact) mass is 237 g/mol. The molecule has 1 aliphatic rings. The van der Waals surface area contributed by atoms with Gasteiger partial charge in [0.15, 0.2) is 0 Å². The standard InChI is InChI=1S/C12H19N3O2/c1-3-15-8-10(7-14-15)11(12(16)17-2)13-6-9-4-5-9/h7-9,11,13H,3-6H2,1-2H3. The van der Waals surface area contributed by atoms with Gasteiger partial charge in [0.05, 0.1) is 13.3 Å². The predicted octanol–water partition coefficient (Wildman–Crippen LogP) is 1.12. The zero-order chi connectivity index (χ0) is 12.3. The molecular weight excluding hydrogens is 218 g/mol. The van der Waals surface area contributed by atoms with Gasteiger partial charge in [-0.25, -0.2) is 4.79 Å². The average Bonchev–Trinajstić information content (AvgIpc) is 3.05. The quantitative estimate of drug-likeness (QED) is 0.753. The first-order chi connectivity index (χ1) is 8.24. The van der Waals surface area contributed by atoms with Crippen molar-refractivity contribution in [2.24, 2.45) is 5.92 Å². The minimum atomic E-state index is -0.388. The molecule has 5 nitrogen and oxygen atoms in total. The van der Waals surface area contributed by atoms with E-state index in [1.165, 1.54) is 20.0 Å². The first-order valence-electron chi connectivity index (χ1n) is 6.08. The van der Waals surface area contributed by atoms with E-state index < -0.39 is 0 Å². The van der Waals surface area contributed by atoms with E-state index in [-0.39, 0.29) is 12.0 Å². The molecule has 1 heterocycles. The first-order valence-corrected chi connectivity index (χ1v) is 6.08. The second-order valence-corrected chi connectivity index (χ2v) is 4.44. The SMILES string of the molecule is CCn1cc(C(NCC2CC2)C(=O)OC)cn1. The highest BCUT2D eigenvalue weighted by atomic mass is 16.5. The summed E-state index contributed by atoms with van der Waals surface area (Å²) in [5, 5.41) is 7.44. The van der Waals surface area contributed by atoms with Crippen LogP contribution in [0.2, 0.25) is 0 Å². The number of aromatic nitrogens is 2. The number of hydrogen-bond donors (Lipinski definition) is 1. The number of rotatable bonds is 6. The number of methoxy groups -OCH3 is 1. The number of nitrogens with one attached hydrogen (secondary N) is 1. The van der Waals surface area contributed by atoms with Crippen LogP contribution in [-0.2, 0) is 16.1 Å². The van der Waals surface area contributed by atoms with Gasteiger partial charge in [0.2, 0.25) is 0 Å². The zero-order valence-electron chi connectivity index (χ0n) is 10.3. The van der Waals surface area contributed by atoms with E-state index in [0.29, 0.717) is 0 Å². The van der Waals surface area contributed by atoms with Gasteiger partial charge in [-0.1, -0.05) is 0 Å². The maximum absolute atomic E-state index is 11.7. The molecule has 0 aliphatic heterocycles. The third-order valence-electron chi connectivity index (χ3n) is 3.06. The Hall–Kier alpha value is -1.36. The number of carbonyl (C=O) groups is 1. The summed E-state index contributed by atoms with van der Waals surface area (Å²) in [7, 11) is 1.42. The Labute approximate surface area is 101 Å². The van der Waals surface area contributed by atoms with Crippen LogP contribution in [-0.4, -0.2) is 29.4 Å². The molecule has 0 radical (unpaired) electrons. The molecule has 0 spiro atoms.